The highest BCUT2D eigenvalue weighted by molar-refractivity contribution is 9.10. The first-order chi connectivity index (χ1) is 6.84. The number of aromatic nitrogens is 2. The van der Waals surface area contributed by atoms with E-state index in [-0.39, 0.29) is 0 Å². The Bertz CT molecular complexity index is 493. The highest BCUT2D eigenvalue weighted by Crippen LogP contribution is 2.31. The Morgan fingerprint density at radius 2 is 2.36 bits per heavy atom. The molecule has 14 heavy (non-hydrogen) atoms. The molecule has 0 fully saturated rings. The monoisotopic (exact) mass is 250 g/mol. The predicted octanol–water partition coefficient (Wildman–Crippen LogP) is 2.53. The molecule has 0 amide bonds. The van der Waals surface area contributed by atoms with Crippen molar-refractivity contribution in [1.29, 1.82) is 0 Å². The molecule has 2 aromatic rings. The van der Waals surface area contributed by atoms with Gasteiger partial charge in [-0.2, -0.15) is 0 Å². The minimum atomic E-state index is 0.543. The lowest BCUT2D eigenvalue weighted by atomic mass is 10.2. The Balaban J connectivity index is 2.28. The second-order valence-corrected chi connectivity index (χ2v) is 4.03. The van der Waals surface area contributed by atoms with Gasteiger partial charge in [-0.3, -0.25) is 4.57 Å². The molecule has 0 atom stereocenters. The molecule has 4 heteroatoms. The van der Waals surface area contributed by atoms with E-state index in [0.29, 0.717) is 6.61 Å². The van der Waals surface area contributed by atoms with Crippen molar-refractivity contribution >= 4 is 15.9 Å². The summed E-state index contributed by atoms with van der Waals surface area (Å²) in [5.41, 5.74) is 1.04. The smallest absolute Gasteiger partial charge is 0.151 e. The molecule has 0 saturated heterocycles. The number of hydrogen-bond acceptors (Lipinski definition) is 2. The van der Waals surface area contributed by atoms with Gasteiger partial charge in [0.15, 0.2) is 5.82 Å². The van der Waals surface area contributed by atoms with Crippen molar-refractivity contribution in [2.24, 2.45) is 0 Å². The Kier molecular flexibility index (Phi) is 1.64. The number of ether oxygens (including phenoxy) is 1. The Morgan fingerprint density at radius 1 is 1.43 bits per heavy atom. The van der Waals surface area contributed by atoms with Crippen LogP contribution in [0.15, 0.2) is 35.1 Å². The van der Waals surface area contributed by atoms with Crippen molar-refractivity contribution in [1.82, 2.24) is 9.55 Å². The number of halogens is 1. The number of fused-ring (bicyclic) bond motifs is 3. The van der Waals surface area contributed by atoms with E-state index in [1.165, 1.54) is 0 Å². The van der Waals surface area contributed by atoms with Gasteiger partial charge in [0.25, 0.3) is 0 Å². The predicted molar refractivity (Wildman–Crippen MR) is 55.6 cm³/mol. The summed E-state index contributed by atoms with van der Waals surface area (Å²) in [6.07, 6.45) is 3.73. The Hall–Kier alpha value is -1.29. The largest absolute Gasteiger partial charge is 0.483 e. The zero-order valence-corrected chi connectivity index (χ0v) is 8.86. The fourth-order valence-electron chi connectivity index (χ4n) is 1.60. The molecule has 0 saturated carbocycles. The first-order valence-corrected chi connectivity index (χ1v) is 5.09. The standard InChI is InChI=1S/C10H7BrN2O/c11-7-1-2-9-8(5-7)13-4-3-12-10(13)6-14-9/h1-5H,6H2. The molecule has 0 bridgehead atoms. The highest BCUT2D eigenvalue weighted by atomic mass is 79.9. The van der Waals surface area contributed by atoms with Crippen LogP contribution in [0.1, 0.15) is 5.82 Å². The van der Waals surface area contributed by atoms with Crippen LogP contribution >= 0.6 is 15.9 Å². The number of nitrogens with zero attached hydrogens (tertiary/aromatic N) is 2. The average Bonchev–Trinajstić information content (AvgIpc) is 2.65. The zero-order chi connectivity index (χ0) is 9.54. The molecule has 1 aromatic carbocycles. The maximum Gasteiger partial charge on any atom is 0.151 e. The molecule has 1 aliphatic heterocycles. The van der Waals surface area contributed by atoms with E-state index in [1.54, 1.807) is 6.20 Å². The van der Waals surface area contributed by atoms with Crippen molar-refractivity contribution in [3.63, 3.8) is 0 Å². The summed E-state index contributed by atoms with van der Waals surface area (Å²) in [5.74, 6) is 1.84. The summed E-state index contributed by atoms with van der Waals surface area (Å²) in [5, 5.41) is 0. The van der Waals surface area contributed by atoms with E-state index in [0.717, 1.165) is 21.7 Å². The lowest BCUT2D eigenvalue weighted by Gasteiger charge is -2.19. The molecule has 3 nitrogen and oxygen atoms in total. The number of benzene rings is 1. The van der Waals surface area contributed by atoms with Crippen LogP contribution in [0.25, 0.3) is 5.69 Å². The summed E-state index contributed by atoms with van der Waals surface area (Å²) in [7, 11) is 0. The van der Waals surface area contributed by atoms with E-state index >= 15 is 0 Å². The van der Waals surface area contributed by atoms with Crippen molar-refractivity contribution in [2.45, 2.75) is 6.61 Å². The number of hydrogen-bond donors (Lipinski definition) is 0. The van der Waals surface area contributed by atoms with Crippen LogP contribution < -0.4 is 4.74 Å². The van der Waals surface area contributed by atoms with Gasteiger partial charge in [0.2, 0.25) is 0 Å². The molecule has 0 spiro atoms. The van der Waals surface area contributed by atoms with Crippen LogP contribution in [0.4, 0.5) is 0 Å². The highest BCUT2D eigenvalue weighted by Gasteiger charge is 2.16. The third-order valence-electron chi connectivity index (χ3n) is 2.25. The van der Waals surface area contributed by atoms with Crippen LogP contribution in [-0.2, 0) is 6.61 Å². The second kappa shape index (κ2) is 2.85. The third-order valence-corrected chi connectivity index (χ3v) is 2.75. The lowest BCUT2D eigenvalue weighted by Crippen LogP contribution is -2.12. The van der Waals surface area contributed by atoms with E-state index in [4.69, 9.17) is 4.74 Å². The second-order valence-electron chi connectivity index (χ2n) is 3.11. The van der Waals surface area contributed by atoms with Crippen LogP contribution in [0.3, 0.4) is 0 Å². The molecule has 0 radical (unpaired) electrons. The summed E-state index contributed by atoms with van der Waals surface area (Å²) in [4.78, 5) is 4.21. The number of imidazole rings is 1. The maximum absolute atomic E-state index is 5.56. The van der Waals surface area contributed by atoms with Gasteiger partial charge < -0.3 is 4.74 Å². The topological polar surface area (TPSA) is 27.1 Å². The number of rotatable bonds is 0. The molecule has 3 rings (SSSR count). The normalized spacial score (nSPS) is 12.9. The van der Waals surface area contributed by atoms with Crippen molar-refractivity contribution in [2.75, 3.05) is 0 Å². The maximum atomic E-state index is 5.56. The van der Waals surface area contributed by atoms with Gasteiger partial charge in [-0.25, -0.2) is 4.98 Å². The van der Waals surface area contributed by atoms with Crippen LogP contribution in [-0.4, -0.2) is 9.55 Å². The Morgan fingerprint density at radius 3 is 3.29 bits per heavy atom. The van der Waals surface area contributed by atoms with Gasteiger partial charge in [-0.15, -0.1) is 0 Å². The molecule has 2 heterocycles. The molecule has 0 N–H and O–H groups in total. The van der Waals surface area contributed by atoms with Crippen molar-refractivity contribution in [3.8, 4) is 11.4 Å². The van der Waals surface area contributed by atoms with Crippen molar-refractivity contribution < 1.29 is 4.74 Å². The van der Waals surface area contributed by atoms with E-state index in [2.05, 4.69) is 20.9 Å². The first kappa shape index (κ1) is 8.05. The fourth-order valence-corrected chi connectivity index (χ4v) is 1.95. The van der Waals surface area contributed by atoms with E-state index < -0.39 is 0 Å². The molecule has 0 aliphatic carbocycles. The van der Waals surface area contributed by atoms with Crippen LogP contribution in [0, 0.1) is 0 Å². The van der Waals surface area contributed by atoms with E-state index in [1.807, 2.05) is 29.0 Å². The zero-order valence-electron chi connectivity index (χ0n) is 7.27. The van der Waals surface area contributed by atoms with Crippen LogP contribution in [0.5, 0.6) is 5.75 Å². The van der Waals surface area contributed by atoms with Gasteiger partial charge in [0.1, 0.15) is 12.4 Å². The average molecular weight is 251 g/mol. The SMILES string of the molecule is Brc1ccc2c(c1)-n1ccnc1CO2. The molecule has 70 valence electrons. The van der Waals surface area contributed by atoms with Gasteiger partial charge in [0.05, 0.1) is 5.69 Å². The minimum Gasteiger partial charge on any atom is -0.483 e. The molecule has 1 aliphatic rings. The van der Waals surface area contributed by atoms with Gasteiger partial charge >= 0.3 is 0 Å². The summed E-state index contributed by atoms with van der Waals surface area (Å²) < 4.78 is 8.65. The minimum absolute atomic E-state index is 0.543. The third kappa shape index (κ3) is 1.07. The fraction of sp³-hybridized carbons (Fsp3) is 0.100. The molecular weight excluding hydrogens is 244 g/mol. The molecule has 1 aromatic heterocycles. The van der Waals surface area contributed by atoms with E-state index in [9.17, 15) is 0 Å². The van der Waals surface area contributed by atoms with Crippen molar-refractivity contribution in [3.05, 3.63) is 40.9 Å². The summed E-state index contributed by atoms with van der Waals surface area (Å²) >= 11 is 3.44. The molecular formula is C10H7BrN2O. The first-order valence-electron chi connectivity index (χ1n) is 4.29. The lowest BCUT2D eigenvalue weighted by molar-refractivity contribution is 0.279. The van der Waals surface area contributed by atoms with Gasteiger partial charge in [-0.05, 0) is 18.2 Å². The van der Waals surface area contributed by atoms with Crippen LogP contribution in [0.2, 0.25) is 0 Å². The van der Waals surface area contributed by atoms with Gasteiger partial charge in [0, 0.05) is 16.9 Å². The molecule has 0 unspecified atom stereocenters. The summed E-state index contributed by atoms with van der Waals surface area (Å²) in [6.45, 7) is 0.543. The summed E-state index contributed by atoms with van der Waals surface area (Å²) in [6, 6.07) is 5.96. The Labute approximate surface area is 89.5 Å². The van der Waals surface area contributed by atoms with Gasteiger partial charge in [-0.1, -0.05) is 15.9 Å². The quantitative estimate of drug-likeness (QED) is 0.719.